The van der Waals surface area contributed by atoms with Crippen molar-refractivity contribution < 1.29 is 22.8 Å². The molecule has 0 aliphatic carbocycles. The molecule has 1 fully saturated rings. The van der Waals surface area contributed by atoms with Gasteiger partial charge in [-0.2, -0.15) is 13.2 Å². The molecule has 1 aliphatic rings. The SMILES string of the molecule is O=CC1CCNC(C(=O)C(F)(F)F)C1. The molecule has 1 heterocycles. The molecule has 0 spiro atoms. The molecule has 1 aliphatic heterocycles. The van der Waals surface area contributed by atoms with Crippen molar-refractivity contribution in [2.45, 2.75) is 25.1 Å². The maximum atomic E-state index is 12.0. The second-order valence-electron chi connectivity index (χ2n) is 3.29. The van der Waals surface area contributed by atoms with Gasteiger partial charge in [0.2, 0.25) is 0 Å². The number of piperidine rings is 1. The van der Waals surface area contributed by atoms with Crippen LogP contribution in [0.1, 0.15) is 12.8 Å². The number of carbonyl (C=O) groups is 2. The van der Waals surface area contributed by atoms with Gasteiger partial charge in [-0.1, -0.05) is 0 Å². The minimum Gasteiger partial charge on any atom is -0.307 e. The fourth-order valence-corrected chi connectivity index (χ4v) is 1.47. The summed E-state index contributed by atoms with van der Waals surface area (Å²) < 4.78 is 36.0. The van der Waals surface area contributed by atoms with E-state index in [2.05, 4.69) is 5.32 Å². The number of alkyl halides is 3. The molecule has 80 valence electrons. The Hall–Kier alpha value is -0.910. The lowest BCUT2D eigenvalue weighted by Crippen LogP contribution is -2.48. The quantitative estimate of drug-likeness (QED) is 0.680. The highest BCUT2D eigenvalue weighted by Crippen LogP contribution is 2.23. The van der Waals surface area contributed by atoms with E-state index in [0.717, 1.165) is 0 Å². The van der Waals surface area contributed by atoms with Crippen molar-refractivity contribution in [1.82, 2.24) is 5.32 Å². The molecule has 1 N–H and O–H groups in total. The molecular formula is C8H10F3NO2. The van der Waals surface area contributed by atoms with Gasteiger partial charge in [-0.25, -0.2) is 0 Å². The van der Waals surface area contributed by atoms with Gasteiger partial charge in [-0.15, -0.1) is 0 Å². The zero-order valence-electron chi connectivity index (χ0n) is 7.30. The molecule has 0 aromatic rings. The van der Waals surface area contributed by atoms with Crippen molar-refractivity contribution >= 4 is 12.1 Å². The van der Waals surface area contributed by atoms with Crippen molar-refractivity contribution in [3.05, 3.63) is 0 Å². The fourth-order valence-electron chi connectivity index (χ4n) is 1.47. The van der Waals surface area contributed by atoms with E-state index in [4.69, 9.17) is 0 Å². The first-order chi connectivity index (χ1) is 6.45. The maximum absolute atomic E-state index is 12.0. The number of rotatable bonds is 2. The molecule has 2 unspecified atom stereocenters. The summed E-state index contributed by atoms with van der Waals surface area (Å²) in [5.41, 5.74) is 0. The summed E-state index contributed by atoms with van der Waals surface area (Å²) in [6.07, 6.45) is -3.77. The number of hydrogen-bond donors (Lipinski definition) is 1. The molecule has 1 rings (SSSR count). The minimum atomic E-state index is -4.82. The highest BCUT2D eigenvalue weighted by Gasteiger charge is 2.44. The highest BCUT2D eigenvalue weighted by molar-refractivity contribution is 5.89. The molecule has 3 nitrogen and oxygen atoms in total. The van der Waals surface area contributed by atoms with Crippen molar-refractivity contribution in [3.8, 4) is 0 Å². The van der Waals surface area contributed by atoms with Crippen molar-refractivity contribution in [1.29, 1.82) is 0 Å². The summed E-state index contributed by atoms with van der Waals surface area (Å²) in [5, 5.41) is 2.46. The van der Waals surface area contributed by atoms with Gasteiger partial charge in [-0.3, -0.25) is 4.79 Å². The molecule has 0 aromatic carbocycles. The van der Waals surface area contributed by atoms with E-state index in [1.54, 1.807) is 0 Å². The Labute approximate surface area is 78.7 Å². The zero-order valence-corrected chi connectivity index (χ0v) is 7.30. The summed E-state index contributed by atoms with van der Waals surface area (Å²) in [6.45, 7) is 0.274. The molecule has 0 radical (unpaired) electrons. The monoisotopic (exact) mass is 209 g/mol. The molecule has 2 atom stereocenters. The van der Waals surface area contributed by atoms with Gasteiger partial charge >= 0.3 is 6.18 Å². The third-order valence-corrected chi connectivity index (χ3v) is 2.23. The van der Waals surface area contributed by atoms with Crippen LogP contribution in [-0.4, -0.2) is 30.8 Å². The molecule has 0 bridgehead atoms. The smallest absolute Gasteiger partial charge is 0.307 e. The number of nitrogens with one attached hydrogen (secondary N) is 1. The standard InChI is InChI=1S/C8H10F3NO2/c9-8(10,11)7(14)6-3-5(4-13)1-2-12-6/h4-6,12H,1-3H2. The average molecular weight is 209 g/mol. The van der Waals surface area contributed by atoms with E-state index in [9.17, 15) is 22.8 Å². The number of aldehydes is 1. The Balaban J connectivity index is 2.60. The molecule has 0 saturated carbocycles. The highest BCUT2D eigenvalue weighted by atomic mass is 19.4. The van der Waals surface area contributed by atoms with Crippen LogP contribution in [0.4, 0.5) is 13.2 Å². The van der Waals surface area contributed by atoms with Crippen molar-refractivity contribution in [2.24, 2.45) is 5.92 Å². The third kappa shape index (κ3) is 2.54. The molecule has 1 saturated heterocycles. The topological polar surface area (TPSA) is 46.2 Å². The number of Topliss-reactive ketones (excluding diaryl/α,β-unsaturated/α-hetero) is 1. The predicted octanol–water partition coefficient (Wildman–Crippen LogP) is 0.685. The van der Waals surface area contributed by atoms with Crippen LogP contribution in [-0.2, 0) is 9.59 Å². The first-order valence-corrected chi connectivity index (χ1v) is 4.25. The third-order valence-electron chi connectivity index (χ3n) is 2.23. The number of hydrogen-bond acceptors (Lipinski definition) is 3. The van der Waals surface area contributed by atoms with Crippen molar-refractivity contribution in [3.63, 3.8) is 0 Å². The van der Waals surface area contributed by atoms with Crippen LogP contribution in [0.2, 0.25) is 0 Å². The van der Waals surface area contributed by atoms with Gasteiger partial charge in [0.25, 0.3) is 5.78 Å². The summed E-state index contributed by atoms with van der Waals surface area (Å²) >= 11 is 0. The molecular weight excluding hydrogens is 199 g/mol. The lowest BCUT2D eigenvalue weighted by molar-refractivity contribution is -0.174. The first kappa shape index (κ1) is 11.2. The van der Waals surface area contributed by atoms with Crippen LogP contribution in [0.15, 0.2) is 0 Å². The van der Waals surface area contributed by atoms with E-state index in [1.165, 1.54) is 0 Å². The summed E-state index contributed by atoms with van der Waals surface area (Å²) in [5.74, 6) is -2.23. The maximum Gasteiger partial charge on any atom is 0.451 e. The van der Waals surface area contributed by atoms with Gasteiger partial charge in [0.15, 0.2) is 0 Å². The lowest BCUT2D eigenvalue weighted by Gasteiger charge is -2.26. The second kappa shape index (κ2) is 4.08. The second-order valence-corrected chi connectivity index (χ2v) is 3.29. The lowest BCUT2D eigenvalue weighted by atomic mass is 9.91. The Bertz CT molecular complexity index is 239. The number of carbonyl (C=O) groups excluding carboxylic acids is 2. The normalized spacial score (nSPS) is 28.5. The Kier molecular flexibility index (Phi) is 3.25. The van der Waals surface area contributed by atoms with Gasteiger partial charge in [0.1, 0.15) is 6.29 Å². The molecule has 0 amide bonds. The van der Waals surface area contributed by atoms with Gasteiger partial charge < -0.3 is 10.1 Å². The van der Waals surface area contributed by atoms with E-state index in [-0.39, 0.29) is 13.0 Å². The van der Waals surface area contributed by atoms with Crippen LogP contribution in [0.5, 0.6) is 0 Å². The van der Waals surface area contributed by atoms with Crippen LogP contribution in [0.3, 0.4) is 0 Å². The van der Waals surface area contributed by atoms with Crippen molar-refractivity contribution in [2.75, 3.05) is 6.54 Å². The van der Waals surface area contributed by atoms with Crippen LogP contribution in [0, 0.1) is 5.92 Å². The number of halogens is 3. The van der Waals surface area contributed by atoms with E-state index >= 15 is 0 Å². The van der Waals surface area contributed by atoms with Gasteiger partial charge in [0, 0.05) is 5.92 Å². The van der Waals surface area contributed by atoms with Crippen LogP contribution in [0.25, 0.3) is 0 Å². The molecule has 14 heavy (non-hydrogen) atoms. The molecule has 6 heteroatoms. The van der Waals surface area contributed by atoms with Crippen LogP contribution >= 0.6 is 0 Å². The van der Waals surface area contributed by atoms with E-state index in [1.807, 2.05) is 0 Å². The largest absolute Gasteiger partial charge is 0.451 e. The molecule has 0 aromatic heterocycles. The fraction of sp³-hybridized carbons (Fsp3) is 0.750. The van der Waals surface area contributed by atoms with Crippen LogP contribution < -0.4 is 5.32 Å². The number of ketones is 1. The minimum absolute atomic E-state index is 0.0537. The van der Waals surface area contributed by atoms with E-state index < -0.39 is 23.9 Å². The zero-order chi connectivity index (χ0) is 10.8. The average Bonchev–Trinajstić information content (AvgIpc) is 2.15. The summed E-state index contributed by atoms with van der Waals surface area (Å²) in [4.78, 5) is 21.1. The summed E-state index contributed by atoms with van der Waals surface area (Å²) in [6, 6.07) is -1.25. The first-order valence-electron chi connectivity index (χ1n) is 4.25. The summed E-state index contributed by atoms with van der Waals surface area (Å²) in [7, 11) is 0. The Morgan fingerprint density at radius 1 is 1.43 bits per heavy atom. The Morgan fingerprint density at radius 3 is 2.57 bits per heavy atom. The van der Waals surface area contributed by atoms with Gasteiger partial charge in [-0.05, 0) is 19.4 Å². The van der Waals surface area contributed by atoms with Gasteiger partial charge in [0.05, 0.1) is 6.04 Å². The van der Waals surface area contributed by atoms with E-state index in [0.29, 0.717) is 12.7 Å². The Morgan fingerprint density at radius 2 is 2.07 bits per heavy atom. The predicted molar refractivity (Wildman–Crippen MR) is 41.6 cm³/mol.